The van der Waals surface area contributed by atoms with E-state index in [2.05, 4.69) is 30.6 Å². The lowest BCUT2D eigenvalue weighted by molar-refractivity contribution is 0.0592. The maximum atomic E-state index is 12.1. The first kappa shape index (κ1) is 42.9. The third-order valence-electron chi connectivity index (χ3n) is 8.50. The van der Waals surface area contributed by atoms with Crippen molar-refractivity contribution in [3.63, 3.8) is 0 Å². The fourth-order valence-electron chi connectivity index (χ4n) is 5.60. The molecule has 4 aromatic carbocycles. The molecule has 0 aliphatic carbocycles. The molecule has 22 heteroatoms. The molecule has 0 aliphatic rings. The zero-order valence-corrected chi connectivity index (χ0v) is 36.4. The number of rotatable bonds is 10. The van der Waals surface area contributed by atoms with Gasteiger partial charge in [0.1, 0.15) is 21.4 Å². The zero-order valence-electron chi connectivity index (χ0n) is 31.7. The lowest BCUT2D eigenvalue weighted by Gasteiger charge is -2.06. The van der Waals surface area contributed by atoms with Crippen molar-refractivity contribution in [3.05, 3.63) is 131 Å². The predicted octanol–water partition coefficient (Wildman–Crippen LogP) is 7.71. The van der Waals surface area contributed by atoms with Crippen LogP contribution in [0.25, 0.3) is 53.9 Å². The van der Waals surface area contributed by atoms with E-state index in [1.807, 2.05) is 0 Å². The normalized spacial score (nSPS) is 11.5. The monoisotopic (exact) mass is 934 g/mol. The first-order valence-electron chi connectivity index (χ1n) is 17.3. The van der Waals surface area contributed by atoms with E-state index in [4.69, 9.17) is 27.9 Å². The number of ether oxygens (including phenoxy) is 1. The Bertz CT molecular complexity index is 3200. The number of halogens is 2. The second-order valence-corrected chi connectivity index (χ2v) is 19.6. The summed E-state index contributed by atoms with van der Waals surface area (Å²) in [5.74, 6) is -1.79. The molecule has 310 valence electrons. The van der Waals surface area contributed by atoms with Crippen molar-refractivity contribution in [1.82, 2.24) is 40.0 Å². The molecule has 61 heavy (non-hydrogen) atoms. The minimum atomic E-state index is -3.37. The lowest BCUT2D eigenvalue weighted by atomic mass is 10.2. The van der Waals surface area contributed by atoms with E-state index in [-0.39, 0.29) is 21.2 Å². The number of sulfone groups is 2. The van der Waals surface area contributed by atoms with Gasteiger partial charge in [-0.1, -0.05) is 94.4 Å². The van der Waals surface area contributed by atoms with Crippen LogP contribution in [0.15, 0.2) is 119 Å². The molecule has 0 radical (unpaired) electrons. The molecule has 4 aromatic heterocycles. The number of methoxy groups -OCH3 is 1. The summed E-state index contributed by atoms with van der Waals surface area (Å²) in [5, 5.41) is 37.3. The molecule has 0 unspecified atom stereocenters. The van der Waals surface area contributed by atoms with Gasteiger partial charge in [-0.05, 0) is 48.5 Å². The molecule has 0 bridgehead atoms. The summed E-state index contributed by atoms with van der Waals surface area (Å²) >= 11 is 15.0. The number of esters is 1. The number of carboxylic acid groups (broad SMARTS) is 1. The molecule has 0 aliphatic heterocycles. The van der Waals surface area contributed by atoms with Gasteiger partial charge in [-0.2, -0.15) is 10.2 Å². The van der Waals surface area contributed by atoms with Crippen molar-refractivity contribution in [1.29, 1.82) is 0 Å². The number of aromatic nitrogens is 8. The molecule has 1 N–H and O–H groups in total. The molecule has 8 rings (SSSR count). The topological polar surface area (TPSA) is 219 Å². The average Bonchev–Trinajstić information content (AvgIpc) is 4.07. The van der Waals surface area contributed by atoms with Gasteiger partial charge in [0.25, 0.3) is 0 Å². The van der Waals surface area contributed by atoms with E-state index in [1.165, 1.54) is 63.4 Å². The lowest BCUT2D eigenvalue weighted by Crippen LogP contribution is -2.04. The summed E-state index contributed by atoms with van der Waals surface area (Å²) in [5.41, 5.74) is 3.09. The van der Waals surface area contributed by atoms with Crippen molar-refractivity contribution in [2.45, 2.75) is 9.79 Å². The van der Waals surface area contributed by atoms with Crippen LogP contribution in [0.1, 0.15) is 21.0 Å². The van der Waals surface area contributed by atoms with Gasteiger partial charge in [0.05, 0.1) is 38.3 Å². The zero-order chi connectivity index (χ0) is 43.6. The van der Waals surface area contributed by atoms with E-state index in [0.717, 1.165) is 12.5 Å². The summed E-state index contributed by atoms with van der Waals surface area (Å²) in [4.78, 5) is 23.9. The number of hydrogen-bond acceptors (Lipinski definition) is 15. The number of carbonyl (C=O) groups is 2. The van der Waals surface area contributed by atoms with Crippen LogP contribution >= 0.6 is 45.9 Å². The average molecular weight is 936 g/mol. The summed E-state index contributed by atoms with van der Waals surface area (Å²) in [6, 6.07) is 29.8. The van der Waals surface area contributed by atoms with Crippen LogP contribution < -0.4 is 0 Å². The Kier molecular flexibility index (Phi) is 12.3. The molecular formula is C39H28Cl2N8O8S4. The Hall–Kier alpha value is -6.16. The smallest absolute Gasteiger partial charge is 0.358 e. The molecule has 4 heterocycles. The third kappa shape index (κ3) is 9.43. The van der Waals surface area contributed by atoms with E-state index in [0.29, 0.717) is 64.0 Å². The summed E-state index contributed by atoms with van der Waals surface area (Å²) in [7, 11) is -5.46. The molecule has 8 aromatic rings. The number of carboxylic acids is 1. The fourth-order valence-corrected chi connectivity index (χ4v) is 9.04. The highest BCUT2D eigenvalue weighted by atomic mass is 35.5. The largest absolute Gasteiger partial charge is 0.476 e. The number of para-hydroxylation sites is 2. The van der Waals surface area contributed by atoms with E-state index >= 15 is 0 Å². The molecule has 0 spiro atoms. The van der Waals surface area contributed by atoms with Gasteiger partial charge < -0.3 is 9.84 Å². The Morgan fingerprint density at radius 3 is 1.41 bits per heavy atom. The van der Waals surface area contributed by atoms with Gasteiger partial charge in [-0.25, -0.2) is 35.8 Å². The second-order valence-electron chi connectivity index (χ2n) is 12.8. The summed E-state index contributed by atoms with van der Waals surface area (Å²) in [6.07, 6.45) is 2.28. The van der Waals surface area contributed by atoms with Gasteiger partial charge in [0.2, 0.25) is 0 Å². The van der Waals surface area contributed by atoms with Gasteiger partial charge in [0.15, 0.2) is 41.1 Å². The maximum absolute atomic E-state index is 12.1. The van der Waals surface area contributed by atoms with Crippen molar-refractivity contribution in [2.24, 2.45) is 0 Å². The highest BCUT2D eigenvalue weighted by Crippen LogP contribution is 2.36. The van der Waals surface area contributed by atoms with Crippen LogP contribution in [-0.4, -0.2) is 93.5 Å². The maximum Gasteiger partial charge on any atom is 0.358 e. The minimum absolute atomic E-state index is 0.0910. The van der Waals surface area contributed by atoms with Crippen molar-refractivity contribution < 1.29 is 36.3 Å². The van der Waals surface area contributed by atoms with Crippen molar-refractivity contribution >= 4 is 77.5 Å². The van der Waals surface area contributed by atoms with E-state index in [1.54, 1.807) is 84.9 Å². The molecule has 16 nitrogen and oxygen atoms in total. The highest BCUT2D eigenvalue weighted by Gasteiger charge is 2.23. The number of aromatic carboxylic acids is 1. The van der Waals surface area contributed by atoms with Gasteiger partial charge in [-0.15, -0.1) is 20.4 Å². The van der Waals surface area contributed by atoms with E-state index in [9.17, 15) is 31.5 Å². The van der Waals surface area contributed by atoms with Gasteiger partial charge >= 0.3 is 11.9 Å². The quantitative estimate of drug-likeness (QED) is 0.130. The van der Waals surface area contributed by atoms with Crippen LogP contribution in [0, 0.1) is 0 Å². The van der Waals surface area contributed by atoms with Crippen molar-refractivity contribution in [3.8, 4) is 53.9 Å². The van der Waals surface area contributed by atoms with Crippen LogP contribution in [0.5, 0.6) is 0 Å². The number of carbonyl (C=O) groups excluding carboxylic acids is 1. The predicted molar refractivity (Wildman–Crippen MR) is 230 cm³/mol. The first-order valence-corrected chi connectivity index (χ1v) is 23.5. The molecular weight excluding hydrogens is 908 g/mol. The Balaban J connectivity index is 0.000000184. The molecule has 0 saturated heterocycles. The molecule has 0 atom stereocenters. The van der Waals surface area contributed by atoms with Crippen LogP contribution in [0.3, 0.4) is 0 Å². The Morgan fingerprint density at radius 2 is 1.00 bits per heavy atom. The van der Waals surface area contributed by atoms with Crippen LogP contribution in [0.2, 0.25) is 10.0 Å². The SMILES string of the molecule is COC(=O)c1cc(-c2nnc(-c3cccc(S(C)(=O)=O)c3)s2)n(-c2ccccc2Cl)n1.CS(=O)(=O)c1cccc(-c2nnc(-c3cc(C(=O)O)nn3-c3ccccc3Cl)s2)c1. The highest BCUT2D eigenvalue weighted by molar-refractivity contribution is 7.91. The standard InChI is InChI=1S/C20H15ClN4O4S2.C19H13ClN4O4S2/c1-29-20(26)15-11-17(25(24-15)16-9-4-3-8-14(16)21)19-23-22-18(30-19)12-6-5-7-13(10-12)31(2,27)28;1-30(27,28)12-6-4-5-11(9-12)17-21-22-18(29-17)16-10-14(19(25)26)23-24(16)15-8-3-2-7-13(15)20/h3-11H,1-2H3;2-10H,1H3,(H,25,26). The summed E-state index contributed by atoms with van der Waals surface area (Å²) in [6.45, 7) is 0. The van der Waals surface area contributed by atoms with Crippen LogP contribution in [0.4, 0.5) is 0 Å². The number of benzene rings is 4. The van der Waals surface area contributed by atoms with Gasteiger partial charge in [-0.3, -0.25) is 0 Å². The van der Waals surface area contributed by atoms with Crippen LogP contribution in [-0.2, 0) is 24.4 Å². The molecule has 0 fully saturated rings. The Morgan fingerprint density at radius 1 is 0.590 bits per heavy atom. The van der Waals surface area contributed by atoms with Gasteiger partial charge in [0, 0.05) is 35.8 Å². The van der Waals surface area contributed by atoms with Crippen molar-refractivity contribution in [2.75, 3.05) is 19.6 Å². The summed E-state index contributed by atoms with van der Waals surface area (Å²) < 4.78 is 55.1. The molecule has 0 amide bonds. The first-order chi connectivity index (χ1) is 29.0. The fraction of sp³-hybridized carbons (Fsp3) is 0.0769. The molecule has 0 saturated carbocycles. The van der Waals surface area contributed by atoms with E-state index < -0.39 is 31.6 Å². The number of hydrogen-bond donors (Lipinski definition) is 1. The minimum Gasteiger partial charge on any atom is -0.476 e. The second kappa shape index (κ2) is 17.4. The number of nitrogens with zero attached hydrogens (tertiary/aromatic N) is 8. The Labute approximate surface area is 365 Å². The third-order valence-corrected chi connectivity index (χ3v) is 13.3.